The molecule has 0 amide bonds. The molecule has 6 nitrogen and oxygen atoms in total. The molecule has 0 unspecified atom stereocenters. The topological polar surface area (TPSA) is 84.7 Å². The summed E-state index contributed by atoms with van der Waals surface area (Å²) in [5, 5.41) is 20.1. The molecular weight excluding hydrogens is 268 g/mol. The number of nitrogens with zero attached hydrogens (tertiary/aromatic N) is 3. The summed E-state index contributed by atoms with van der Waals surface area (Å²) in [6, 6.07) is 4.36. The van der Waals surface area contributed by atoms with E-state index in [9.17, 15) is 10.1 Å². The predicted octanol–water partition coefficient (Wildman–Crippen LogP) is 0.864. The minimum atomic E-state index is -0.464. The monoisotopic (exact) mass is 271 g/mol. The molecule has 70 valence electrons. The van der Waals surface area contributed by atoms with Crippen molar-refractivity contribution in [2.45, 2.75) is 0 Å². The van der Waals surface area contributed by atoms with Crippen molar-refractivity contribution in [3.05, 3.63) is 28.3 Å². The maximum absolute atomic E-state index is 10.3. The summed E-state index contributed by atoms with van der Waals surface area (Å²) in [6.45, 7) is 0. The molecule has 2 aromatic rings. The largest absolute Gasteiger partial charge is 1.00 e. The van der Waals surface area contributed by atoms with Crippen LogP contribution in [0.5, 0.6) is 0 Å². The number of aromatic nitrogens is 3. The number of hydrogen-bond acceptors (Lipinski definition) is 4. The fraction of sp³-hybridized carbons (Fsp3) is 0. The first-order valence-electron chi connectivity index (χ1n) is 3.22. The number of nitrogens with one attached hydrogen (secondary N) is 1. The van der Waals surface area contributed by atoms with Crippen LogP contribution in [0.2, 0.25) is 0 Å². The first-order chi connectivity index (χ1) is 5.77. The van der Waals surface area contributed by atoms with Crippen molar-refractivity contribution in [3.63, 3.8) is 0 Å². The third-order valence-corrected chi connectivity index (χ3v) is 1.52. The zero-order valence-electron chi connectivity index (χ0n) is 6.19. The molecule has 13 heavy (non-hydrogen) atoms. The number of nitro benzene ring substituents is 1. The van der Waals surface area contributed by atoms with E-state index in [1.807, 2.05) is 0 Å². The van der Waals surface area contributed by atoms with Gasteiger partial charge in [0, 0.05) is 12.1 Å². The van der Waals surface area contributed by atoms with E-state index < -0.39 is 4.92 Å². The molecule has 0 spiro atoms. The van der Waals surface area contributed by atoms with E-state index in [2.05, 4.69) is 15.4 Å². The van der Waals surface area contributed by atoms with Gasteiger partial charge in [0.15, 0.2) is 0 Å². The Kier molecular flexibility index (Phi) is 2.76. The van der Waals surface area contributed by atoms with Gasteiger partial charge in [-0.3, -0.25) is 15.2 Å². The summed E-state index contributed by atoms with van der Waals surface area (Å²) in [7, 11) is 0. The second kappa shape index (κ2) is 3.65. The summed E-state index contributed by atoms with van der Waals surface area (Å²) >= 11 is 0. The first-order valence-corrected chi connectivity index (χ1v) is 3.22. The fourth-order valence-electron chi connectivity index (χ4n) is 0.944. The average molecular weight is 272 g/mol. The van der Waals surface area contributed by atoms with Gasteiger partial charge in [-0.25, -0.2) is 0 Å². The van der Waals surface area contributed by atoms with Gasteiger partial charge in [0.1, 0.15) is 5.52 Å². The van der Waals surface area contributed by atoms with Crippen LogP contribution in [0.1, 0.15) is 0 Å². The van der Waals surface area contributed by atoms with Crippen molar-refractivity contribution in [2.24, 2.45) is 0 Å². The standard InChI is InChI=1S/C6H4N4O2.Ag/c11-10(12)4-1-2-5-6(3-4)8-9-7-5;/h1-3H,(H,7,8,9);/q;+1. The van der Waals surface area contributed by atoms with E-state index in [0.717, 1.165) is 0 Å². The van der Waals surface area contributed by atoms with Crippen molar-refractivity contribution in [2.75, 3.05) is 0 Å². The van der Waals surface area contributed by atoms with Crippen molar-refractivity contribution in [1.29, 1.82) is 0 Å². The molecular formula is C6H4AgN4O2+. The van der Waals surface area contributed by atoms with Crippen LogP contribution in [0.3, 0.4) is 0 Å². The summed E-state index contributed by atoms with van der Waals surface area (Å²) in [6.07, 6.45) is 0. The third kappa shape index (κ3) is 1.74. The molecule has 7 heteroatoms. The molecule has 0 saturated carbocycles. The van der Waals surface area contributed by atoms with E-state index in [-0.39, 0.29) is 28.1 Å². The Morgan fingerprint density at radius 2 is 2.23 bits per heavy atom. The Balaban J connectivity index is 0.000000845. The molecule has 0 fully saturated rings. The van der Waals surface area contributed by atoms with Crippen LogP contribution in [0.15, 0.2) is 18.2 Å². The van der Waals surface area contributed by atoms with Crippen LogP contribution >= 0.6 is 0 Å². The second-order valence-corrected chi connectivity index (χ2v) is 2.27. The first kappa shape index (κ1) is 9.85. The minimum Gasteiger partial charge on any atom is -0.258 e. The molecule has 0 radical (unpaired) electrons. The molecule has 2 rings (SSSR count). The van der Waals surface area contributed by atoms with Crippen LogP contribution in [-0.2, 0) is 22.4 Å². The Hall–Kier alpha value is -1.24. The van der Waals surface area contributed by atoms with Gasteiger partial charge in [-0.2, -0.15) is 0 Å². The van der Waals surface area contributed by atoms with E-state index in [0.29, 0.717) is 11.0 Å². The van der Waals surface area contributed by atoms with Crippen molar-refractivity contribution < 1.29 is 27.3 Å². The van der Waals surface area contributed by atoms with Gasteiger partial charge in [0.25, 0.3) is 5.69 Å². The maximum Gasteiger partial charge on any atom is 1.00 e. The molecule has 1 aromatic heterocycles. The molecule has 0 bridgehead atoms. The summed E-state index contributed by atoms with van der Waals surface area (Å²) in [5.74, 6) is 0. The predicted molar refractivity (Wildman–Crippen MR) is 40.5 cm³/mol. The van der Waals surface area contributed by atoms with Gasteiger partial charge < -0.3 is 0 Å². The van der Waals surface area contributed by atoms with Gasteiger partial charge in [-0.15, -0.1) is 5.10 Å². The van der Waals surface area contributed by atoms with E-state index >= 15 is 0 Å². The third-order valence-electron chi connectivity index (χ3n) is 1.52. The number of non-ortho nitro benzene ring substituents is 1. The number of hydrogen-bond donors (Lipinski definition) is 1. The minimum absolute atomic E-state index is 0. The van der Waals surface area contributed by atoms with Crippen LogP contribution in [0.25, 0.3) is 11.0 Å². The van der Waals surface area contributed by atoms with Gasteiger partial charge in [-0.1, -0.05) is 5.21 Å². The number of fused-ring (bicyclic) bond motifs is 1. The number of aromatic amines is 1. The van der Waals surface area contributed by atoms with Crippen LogP contribution < -0.4 is 0 Å². The van der Waals surface area contributed by atoms with Gasteiger partial charge in [0.2, 0.25) is 0 Å². The normalized spacial score (nSPS) is 9.54. The summed E-state index contributed by atoms with van der Waals surface area (Å²) in [5.41, 5.74) is 1.22. The molecule has 0 atom stereocenters. The number of benzene rings is 1. The summed E-state index contributed by atoms with van der Waals surface area (Å²) in [4.78, 5) is 9.85. The van der Waals surface area contributed by atoms with Crippen LogP contribution in [-0.4, -0.2) is 20.3 Å². The van der Waals surface area contributed by atoms with E-state index in [4.69, 9.17) is 0 Å². The molecule has 0 saturated heterocycles. The SMILES string of the molecule is O=[N+]([O-])c1ccc2[nH]nnc2c1.[Ag+]. The van der Waals surface area contributed by atoms with Crippen molar-refractivity contribution >= 4 is 16.7 Å². The van der Waals surface area contributed by atoms with Crippen LogP contribution in [0, 0.1) is 10.1 Å². The van der Waals surface area contributed by atoms with Crippen molar-refractivity contribution in [1.82, 2.24) is 15.4 Å². The van der Waals surface area contributed by atoms with Gasteiger partial charge in [0.05, 0.1) is 10.4 Å². The Bertz CT molecular complexity index is 441. The molecule has 0 aliphatic rings. The Labute approximate surface area is 88.0 Å². The summed E-state index contributed by atoms with van der Waals surface area (Å²) < 4.78 is 0. The van der Waals surface area contributed by atoms with E-state index in [1.165, 1.54) is 12.1 Å². The van der Waals surface area contributed by atoms with Gasteiger partial charge >= 0.3 is 22.4 Å². The fourth-order valence-corrected chi connectivity index (χ4v) is 0.944. The smallest absolute Gasteiger partial charge is 0.258 e. The van der Waals surface area contributed by atoms with Crippen molar-refractivity contribution in [3.8, 4) is 0 Å². The average Bonchev–Trinajstić information content (AvgIpc) is 2.49. The van der Waals surface area contributed by atoms with E-state index in [1.54, 1.807) is 6.07 Å². The second-order valence-electron chi connectivity index (χ2n) is 2.27. The van der Waals surface area contributed by atoms with Gasteiger partial charge in [-0.05, 0) is 6.07 Å². The maximum atomic E-state index is 10.3. The Morgan fingerprint density at radius 3 is 2.92 bits per heavy atom. The number of nitro groups is 1. The Morgan fingerprint density at radius 1 is 1.46 bits per heavy atom. The zero-order chi connectivity index (χ0) is 8.55. The quantitative estimate of drug-likeness (QED) is 0.474. The number of rotatable bonds is 1. The van der Waals surface area contributed by atoms with Crippen LogP contribution in [0.4, 0.5) is 5.69 Å². The zero-order valence-corrected chi connectivity index (χ0v) is 7.67. The molecule has 1 N–H and O–H groups in total. The molecule has 0 aliphatic carbocycles. The molecule has 1 aromatic carbocycles. The molecule has 0 aliphatic heterocycles. The molecule has 1 heterocycles. The number of H-pyrrole nitrogens is 1.